The molecule has 22 heavy (non-hydrogen) atoms. The second-order valence-corrected chi connectivity index (χ2v) is 5.82. The average Bonchev–Trinajstić information content (AvgIpc) is 2.43. The highest BCUT2D eigenvalue weighted by Crippen LogP contribution is 2.11. The monoisotopic (exact) mass is 312 g/mol. The van der Waals surface area contributed by atoms with Crippen molar-refractivity contribution in [2.45, 2.75) is 26.0 Å². The van der Waals surface area contributed by atoms with Gasteiger partial charge in [-0.2, -0.15) is 0 Å². The summed E-state index contributed by atoms with van der Waals surface area (Å²) >= 11 is 0. The molecule has 1 rings (SSSR count). The Hall–Kier alpha value is -1.66. The summed E-state index contributed by atoms with van der Waals surface area (Å²) in [5, 5.41) is 12.6. The summed E-state index contributed by atoms with van der Waals surface area (Å²) in [7, 11) is 3.69. The summed E-state index contributed by atoms with van der Waals surface area (Å²) in [5.41, 5.74) is 0. The highest BCUT2D eigenvalue weighted by atomic mass is 19.1. The van der Waals surface area contributed by atoms with Crippen LogP contribution in [0.4, 0.5) is 4.39 Å². The Morgan fingerprint density at radius 2 is 1.91 bits per heavy atom. The molecule has 0 saturated heterocycles. The van der Waals surface area contributed by atoms with Gasteiger partial charge in [-0.05, 0) is 44.3 Å². The molecule has 0 bridgehead atoms. The number of aliphatic hydroxyl groups is 1. The largest absolute Gasteiger partial charge is 0.491 e. The van der Waals surface area contributed by atoms with Gasteiger partial charge in [0, 0.05) is 6.54 Å². The van der Waals surface area contributed by atoms with Crippen LogP contribution in [-0.4, -0.2) is 55.3 Å². The molecule has 5 nitrogen and oxygen atoms in total. The van der Waals surface area contributed by atoms with E-state index in [0.29, 0.717) is 5.75 Å². The SMILES string of the molecule is CC(C)C(C(=O)NCC(O)COc1ccc(F)cc1)N(C)C. The smallest absolute Gasteiger partial charge is 0.237 e. The van der Waals surface area contributed by atoms with Crippen LogP contribution in [0.5, 0.6) is 5.75 Å². The fraction of sp³-hybridized carbons (Fsp3) is 0.562. The number of rotatable bonds is 8. The number of aliphatic hydroxyl groups excluding tert-OH is 1. The molecule has 1 aromatic carbocycles. The van der Waals surface area contributed by atoms with Crippen molar-refractivity contribution in [3.63, 3.8) is 0 Å². The molecule has 0 saturated carbocycles. The van der Waals surface area contributed by atoms with Crippen LogP contribution < -0.4 is 10.1 Å². The molecule has 1 amide bonds. The number of benzene rings is 1. The van der Waals surface area contributed by atoms with Crippen molar-refractivity contribution in [2.75, 3.05) is 27.2 Å². The van der Waals surface area contributed by atoms with Crippen molar-refractivity contribution in [2.24, 2.45) is 5.92 Å². The summed E-state index contributed by atoms with van der Waals surface area (Å²) in [6.45, 7) is 4.08. The average molecular weight is 312 g/mol. The fourth-order valence-corrected chi connectivity index (χ4v) is 2.24. The highest BCUT2D eigenvalue weighted by Gasteiger charge is 2.24. The van der Waals surface area contributed by atoms with Gasteiger partial charge in [-0.3, -0.25) is 9.69 Å². The van der Waals surface area contributed by atoms with E-state index in [1.54, 1.807) is 0 Å². The minimum absolute atomic E-state index is 0.0280. The molecule has 0 radical (unpaired) electrons. The van der Waals surface area contributed by atoms with Crippen LogP contribution >= 0.6 is 0 Å². The molecular weight excluding hydrogens is 287 g/mol. The van der Waals surface area contributed by atoms with Gasteiger partial charge in [-0.25, -0.2) is 4.39 Å². The predicted molar refractivity (Wildman–Crippen MR) is 83.2 cm³/mol. The number of likely N-dealkylation sites (N-methyl/N-ethyl adjacent to an activating group) is 1. The molecule has 0 fully saturated rings. The zero-order chi connectivity index (χ0) is 16.7. The maximum absolute atomic E-state index is 12.7. The molecule has 2 atom stereocenters. The third-order valence-corrected chi connectivity index (χ3v) is 3.22. The molecule has 0 heterocycles. The van der Waals surface area contributed by atoms with Crippen LogP contribution in [0.25, 0.3) is 0 Å². The molecule has 124 valence electrons. The standard InChI is InChI=1S/C16H25FN2O3/c1-11(2)15(19(3)4)16(21)18-9-13(20)10-22-14-7-5-12(17)6-8-14/h5-8,11,13,15,20H,9-10H2,1-4H3,(H,18,21). The van der Waals surface area contributed by atoms with Gasteiger partial charge in [0.2, 0.25) is 5.91 Å². The van der Waals surface area contributed by atoms with E-state index in [4.69, 9.17) is 4.74 Å². The Kier molecular flexibility index (Phi) is 7.27. The fourth-order valence-electron chi connectivity index (χ4n) is 2.24. The maximum Gasteiger partial charge on any atom is 0.237 e. The summed E-state index contributed by atoms with van der Waals surface area (Å²) in [6, 6.07) is 5.30. The molecule has 2 N–H and O–H groups in total. The van der Waals surface area contributed by atoms with Gasteiger partial charge in [-0.15, -0.1) is 0 Å². The normalized spacial score (nSPS) is 14.0. The maximum atomic E-state index is 12.7. The lowest BCUT2D eigenvalue weighted by Gasteiger charge is -2.27. The van der Waals surface area contributed by atoms with Gasteiger partial charge in [-0.1, -0.05) is 13.8 Å². The van der Waals surface area contributed by atoms with Crippen LogP contribution in [0, 0.1) is 11.7 Å². The topological polar surface area (TPSA) is 61.8 Å². The van der Waals surface area contributed by atoms with Crippen LogP contribution in [0.2, 0.25) is 0 Å². The Bertz CT molecular complexity index is 455. The quantitative estimate of drug-likeness (QED) is 0.759. The Balaban J connectivity index is 2.37. The number of nitrogens with one attached hydrogen (secondary N) is 1. The number of hydrogen-bond acceptors (Lipinski definition) is 4. The molecular formula is C16H25FN2O3. The van der Waals surface area contributed by atoms with Gasteiger partial charge in [0.05, 0.1) is 6.04 Å². The molecule has 0 aliphatic heterocycles. The lowest BCUT2D eigenvalue weighted by atomic mass is 10.0. The number of ether oxygens (including phenoxy) is 1. The van der Waals surface area contributed by atoms with Gasteiger partial charge in [0.1, 0.15) is 24.3 Å². The summed E-state index contributed by atoms with van der Waals surface area (Å²) in [6.07, 6.45) is -0.830. The number of hydrogen-bond donors (Lipinski definition) is 2. The van der Waals surface area contributed by atoms with E-state index in [-0.39, 0.29) is 36.8 Å². The number of carbonyl (C=O) groups excluding carboxylic acids is 1. The Morgan fingerprint density at radius 1 is 1.32 bits per heavy atom. The number of nitrogens with zero attached hydrogens (tertiary/aromatic N) is 1. The number of halogens is 1. The molecule has 0 aliphatic carbocycles. The minimum Gasteiger partial charge on any atom is -0.491 e. The van der Waals surface area contributed by atoms with E-state index in [2.05, 4.69) is 5.32 Å². The number of carbonyl (C=O) groups is 1. The second kappa shape index (κ2) is 8.70. The summed E-state index contributed by atoms with van der Waals surface area (Å²) in [5.74, 6) is 0.173. The minimum atomic E-state index is -0.830. The van der Waals surface area contributed by atoms with Crippen LogP contribution in [0.1, 0.15) is 13.8 Å². The van der Waals surface area contributed by atoms with Crippen molar-refractivity contribution in [3.05, 3.63) is 30.1 Å². The van der Waals surface area contributed by atoms with Crippen molar-refractivity contribution in [1.82, 2.24) is 10.2 Å². The van der Waals surface area contributed by atoms with Crippen molar-refractivity contribution in [3.8, 4) is 5.75 Å². The van der Waals surface area contributed by atoms with Crippen LogP contribution in [0.15, 0.2) is 24.3 Å². The zero-order valence-corrected chi connectivity index (χ0v) is 13.5. The van der Waals surface area contributed by atoms with Gasteiger partial charge < -0.3 is 15.2 Å². The first-order valence-corrected chi connectivity index (χ1v) is 7.31. The van der Waals surface area contributed by atoms with Crippen molar-refractivity contribution < 1.29 is 19.0 Å². The Morgan fingerprint density at radius 3 is 2.41 bits per heavy atom. The molecule has 2 unspecified atom stereocenters. The summed E-state index contributed by atoms with van der Waals surface area (Å²) < 4.78 is 18.1. The molecule has 1 aromatic rings. The highest BCUT2D eigenvalue weighted by molar-refractivity contribution is 5.81. The first-order chi connectivity index (χ1) is 10.3. The third-order valence-electron chi connectivity index (χ3n) is 3.22. The molecule has 0 aliphatic rings. The van der Waals surface area contributed by atoms with E-state index in [0.717, 1.165) is 0 Å². The Labute approximate surface area is 131 Å². The summed E-state index contributed by atoms with van der Waals surface area (Å²) in [4.78, 5) is 13.9. The molecule has 6 heteroatoms. The third kappa shape index (κ3) is 5.99. The van der Waals surface area contributed by atoms with E-state index in [1.165, 1.54) is 24.3 Å². The predicted octanol–water partition coefficient (Wildman–Crippen LogP) is 1.27. The first-order valence-electron chi connectivity index (χ1n) is 7.31. The van der Waals surface area contributed by atoms with Gasteiger partial charge >= 0.3 is 0 Å². The van der Waals surface area contributed by atoms with Gasteiger partial charge in [0.25, 0.3) is 0 Å². The lowest BCUT2D eigenvalue weighted by Crippen LogP contribution is -2.48. The van der Waals surface area contributed by atoms with Crippen LogP contribution in [-0.2, 0) is 4.79 Å². The van der Waals surface area contributed by atoms with E-state index in [9.17, 15) is 14.3 Å². The zero-order valence-electron chi connectivity index (χ0n) is 13.5. The van der Waals surface area contributed by atoms with Crippen molar-refractivity contribution >= 4 is 5.91 Å². The van der Waals surface area contributed by atoms with Crippen molar-refractivity contribution in [1.29, 1.82) is 0 Å². The van der Waals surface area contributed by atoms with Gasteiger partial charge in [0.15, 0.2) is 0 Å². The van der Waals surface area contributed by atoms with E-state index in [1.807, 2.05) is 32.8 Å². The second-order valence-electron chi connectivity index (χ2n) is 5.82. The molecule has 0 spiro atoms. The van der Waals surface area contributed by atoms with Crippen LogP contribution in [0.3, 0.4) is 0 Å². The van der Waals surface area contributed by atoms with E-state index < -0.39 is 6.10 Å². The number of amides is 1. The lowest BCUT2D eigenvalue weighted by molar-refractivity contribution is -0.127. The first kappa shape index (κ1) is 18.4. The molecule has 0 aromatic heterocycles. The van der Waals surface area contributed by atoms with E-state index >= 15 is 0 Å².